The van der Waals surface area contributed by atoms with E-state index >= 15 is 0 Å². The van der Waals surface area contributed by atoms with Crippen LogP contribution in [0.15, 0.2) is 12.4 Å². The van der Waals surface area contributed by atoms with E-state index in [1.165, 1.54) is 0 Å². The molecule has 0 saturated heterocycles. The minimum atomic E-state index is -0.388. The first-order chi connectivity index (χ1) is 6.09. The summed E-state index contributed by atoms with van der Waals surface area (Å²) in [7, 11) is 1.85. The maximum atomic E-state index is 9.71. The van der Waals surface area contributed by atoms with E-state index in [2.05, 4.69) is 18.9 Å². The minimum Gasteiger partial charge on any atom is -0.387 e. The van der Waals surface area contributed by atoms with Crippen molar-refractivity contribution in [2.45, 2.75) is 25.2 Å². The number of thioether (sulfide) groups is 1. The molecule has 74 valence electrons. The van der Waals surface area contributed by atoms with Crippen LogP contribution in [0.3, 0.4) is 0 Å². The molecule has 0 fully saturated rings. The van der Waals surface area contributed by atoms with Crippen LogP contribution in [0.1, 0.15) is 25.5 Å². The van der Waals surface area contributed by atoms with E-state index in [4.69, 9.17) is 0 Å². The zero-order valence-electron chi connectivity index (χ0n) is 8.27. The van der Waals surface area contributed by atoms with E-state index in [9.17, 15) is 5.11 Å². The Labute approximate surface area is 83.1 Å². The fraction of sp³-hybridized carbons (Fsp3) is 0.667. The Hall–Kier alpha value is -0.480. The van der Waals surface area contributed by atoms with Crippen LogP contribution in [0.5, 0.6) is 0 Å². The Morgan fingerprint density at radius 1 is 1.62 bits per heavy atom. The van der Waals surface area contributed by atoms with Crippen molar-refractivity contribution < 1.29 is 5.11 Å². The molecule has 3 nitrogen and oxygen atoms in total. The Kier molecular flexibility index (Phi) is 3.81. The second-order valence-electron chi connectivity index (χ2n) is 3.35. The van der Waals surface area contributed by atoms with E-state index in [0.29, 0.717) is 5.25 Å². The van der Waals surface area contributed by atoms with Gasteiger partial charge in [0, 0.05) is 24.6 Å². The van der Waals surface area contributed by atoms with Crippen LogP contribution < -0.4 is 0 Å². The summed E-state index contributed by atoms with van der Waals surface area (Å²) in [5.41, 5.74) is 0.899. The Morgan fingerprint density at radius 3 is 2.77 bits per heavy atom. The second kappa shape index (κ2) is 4.67. The average Bonchev–Trinajstić information content (AvgIpc) is 2.47. The van der Waals surface area contributed by atoms with Gasteiger partial charge < -0.3 is 5.11 Å². The molecule has 0 aliphatic carbocycles. The number of aliphatic hydroxyl groups excluding tert-OH is 1. The third-order valence-corrected chi connectivity index (χ3v) is 2.87. The summed E-state index contributed by atoms with van der Waals surface area (Å²) >= 11 is 1.76. The summed E-state index contributed by atoms with van der Waals surface area (Å²) in [6, 6.07) is 0. The van der Waals surface area contributed by atoms with Gasteiger partial charge in [-0.3, -0.25) is 4.68 Å². The molecule has 0 spiro atoms. The van der Waals surface area contributed by atoms with Gasteiger partial charge in [-0.25, -0.2) is 0 Å². The number of hydrogen-bond donors (Lipinski definition) is 1. The lowest BCUT2D eigenvalue weighted by Crippen LogP contribution is -2.02. The molecule has 4 heteroatoms. The normalized spacial score (nSPS) is 13.6. The summed E-state index contributed by atoms with van der Waals surface area (Å²) in [6.07, 6.45) is 3.18. The van der Waals surface area contributed by atoms with Gasteiger partial charge in [0.15, 0.2) is 0 Å². The van der Waals surface area contributed by atoms with Crippen molar-refractivity contribution in [1.82, 2.24) is 9.78 Å². The van der Waals surface area contributed by atoms with Gasteiger partial charge in [0.1, 0.15) is 0 Å². The number of aromatic nitrogens is 2. The van der Waals surface area contributed by atoms with Gasteiger partial charge in [0.25, 0.3) is 0 Å². The molecule has 1 atom stereocenters. The highest BCUT2D eigenvalue weighted by Gasteiger charge is 2.09. The Balaban J connectivity index is 2.44. The van der Waals surface area contributed by atoms with Crippen LogP contribution in [0.4, 0.5) is 0 Å². The molecule has 0 bridgehead atoms. The molecule has 1 aromatic rings. The van der Waals surface area contributed by atoms with Crippen LogP contribution in [0.2, 0.25) is 0 Å². The lowest BCUT2D eigenvalue weighted by molar-refractivity contribution is 0.204. The maximum absolute atomic E-state index is 9.71. The summed E-state index contributed by atoms with van der Waals surface area (Å²) in [6.45, 7) is 4.25. The summed E-state index contributed by atoms with van der Waals surface area (Å²) < 4.78 is 1.71. The molecule has 0 aromatic carbocycles. The molecule has 1 heterocycles. The molecule has 1 N–H and O–H groups in total. The topological polar surface area (TPSA) is 38.1 Å². The largest absolute Gasteiger partial charge is 0.387 e. The first kappa shape index (κ1) is 10.6. The van der Waals surface area contributed by atoms with Gasteiger partial charge >= 0.3 is 0 Å². The summed E-state index contributed by atoms with van der Waals surface area (Å²) in [4.78, 5) is 0. The molecule has 0 aliphatic rings. The zero-order chi connectivity index (χ0) is 9.84. The van der Waals surface area contributed by atoms with Crippen LogP contribution in [0.25, 0.3) is 0 Å². The lowest BCUT2D eigenvalue weighted by atomic mass is 10.2. The lowest BCUT2D eigenvalue weighted by Gasteiger charge is -2.09. The first-order valence-electron chi connectivity index (χ1n) is 4.38. The molecular formula is C9H16N2OS. The number of rotatable bonds is 4. The molecule has 0 saturated carbocycles. The molecule has 0 aliphatic heterocycles. The monoisotopic (exact) mass is 200 g/mol. The molecule has 1 unspecified atom stereocenters. The fourth-order valence-electron chi connectivity index (χ4n) is 0.992. The quantitative estimate of drug-likeness (QED) is 0.802. The zero-order valence-corrected chi connectivity index (χ0v) is 9.08. The summed E-state index contributed by atoms with van der Waals surface area (Å²) in [5.74, 6) is 0.739. The fourth-order valence-corrected chi connectivity index (χ4v) is 1.75. The van der Waals surface area contributed by atoms with Crippen LogP contribution in [0, 0.1) is 0 Å². The highest BCUT2D eigenvalue weighted by molar-refractivity contribution is 7.99. The van der Waals surface area contributed by atoms with Crippen LogP contribution in [-0.2, 0) is 7.05 Å². The Morgan fingerprint density at radius 2 is 2.31 bits per heavy atom. The first-order valence-corrected chi connectivity index (χ1v) is 5.42. The van der Waals surface area contributed by atoms with Gasteiger partial charge in [0.2, 0.25) is 0 Å². The van der Waals surface area contributed by atoms with Crippen molar-refractivity contribution in [3.8, 4) is 0 Å². The van der Waals surface area contributed by atoms with Crippen LogP contribution in [-0.4, -0.2) is 25.9 Å². The minimum absolute atomic E-state index is 0.388. The molecule has 0 radical (unpaired) electrons. The number of nitrogens with zero attached hydrogens (tertiary/aromatic N) is 2. The van der Waals surface area contributed by atoms with Gasteiger partial charge in [-0.2, -0.15) is 16.9 Å². The van der Waals surface area contributed by atoms with Gasteiger partial charge in [-0.05, 0) is 5.25 Å². The third kappa shape index (κ3) is 3.40. The standard InChI is InChI=1S/C9H16N2OS/c1-7(2)13-6-9(12)8-4-10-11(3)5-8/h4-5,7,9,12H,6H2,1-3H3. The molecule has 1 rings (SSSR count). The SMILES string of the molecule is CC(C)SCC(O)c1cnn(C)c1. The van der Waals surface area contributed by atoms with E-state index in [-0.39, 0.29) is 6.10 Å². The number of hydrogen-bond acceptors (Lipinski definition) is 3. The number of aryl methyl sites for hydroxylation is 1. The second-order valence-corrected chi connectivity index (χ2v) is 4.95. The molecule has 13 heavy (non-hydrogen) atoms. The van der Waals surface area contributed by atoms with E-state index in [1.54, 1.807) is 22.6 Å². The predicted octanol–water partition coefficient (Wildman–Crippen LogP) is 1.60. The van der Waals surface area contributed by atoms with Gasteiger partial charge in [0.05, 0.1) is 12.3 Å². The maximum Gasteiger partial charge on any atom is 0.0910 e. The molecule has 0 amide bonds. The van der Waals surface area contributed by atoms with Gasteiger partial charge in [-0.1, -0.05) is 13.8 Å². The van der Waals surface area contributed by atoms with Crippen molar-refractivity contribution in [1.29, 1.82) is 0 Å². The summed E-state index contributed by atoms with van der Waals surface area (Å²) in [5, 5.41) is 14.3. The van der Waals surface area contributed by atoms with E-state index in [1.807, 2.05) is 13.2 Å². The predicted molar refractivity (Wildman–Crippen MR) is 55.8 cm³/mol. The molecule has 1 aromatic heterocycles. The highest BCUT2D eigenvalue weighted by atomic mass is 32.2. The van der Waals surface area contributed by atoms with Crippen molar-refractivity contribution >= 4 is 11.8 Å². The highest BCUT2D eigenvalue weighted by Crippen LogP contribution is 2.20. The van der Waals surface area contributed by atoms with E-state index < -0.39 is 0 Å². The van der Waals surface area contributed by atoms with Crippen molar-refractivity contribution in [2.75, 3.05) is 5.75 Å². The third-order valence-electron chi connectivity index (χ3n) is 1.70. The van der Waals surface area contributed by atoms with Crippen LogP contribution >= 0.6 is 11.8 Å². The smallest absolute Gasteiger partial charge is 0.0910 e. The van der Waals surface area contributed by atoms with Crippen molar-refractivity contribution in [3.63, 3.8) is 0 Å². The van der Waals surface area contributed by atoms with Crippen molar-refractivity contribution in [2.24, 2.45) is 7.05 Å². The molecular weight excluding hydrogens is 184 g/mol. The number of aliphatic hydroxyl groups is 1. The Bertz CT molecular complexity index is 260. The van der Waals surface area contributed by atoms with E-state index in [0.717, 1.165) is 11.3 Å². The van der Waals surface area contributed by atoms with Gasteiger partial charge in [-0.15, -0.1) is 0 Å². The average molecular weight is 200 g/mol. The van der Waals surface area contributed by atoms with Crippen molar-refractivity contribution in [3.05, 3.63) is 18.0 Å².